The Bertz CT molecular complexity index is 552. The molecule has 0 radical (unpaired) electrons. The first-order valence-electron chi connectivity index (χ1n) is 6.01. The van der Waals surface area contributed by atoms with E-state index in [9.17, 15) is 9.59 Å². The second kappa shape index (κ2) is 7.41. The van der Waals surface area contributed by atoms with Gasteiger partial charge in [0.05, 0.1) is 10.6 Å². The molecule has 0 saturated heterocycles. The number of anilines is 1. The highest BCUT2D eigenvalue weighted by molar-refractivity contribution is 6.33. The van der Waals surface area contributed by atoms with E-state index >= 15 is 0 Å². The second-order valence-electron chi connectivity index (χ2n) is 4.11. The molecule has 106 valence electrons. The summed E-state index contributed by atoms with van der Waals surface area (Å²) in [6, 6.07) is 3.68. The van der Waals surface area contributed by atoms with Crippen molar-refractivity contribution in [1.82, 2.24) is 5.32 Å². The van der Waals surface area contributed by atoms with Crippen LogP contribution >= 0.6 is 11.6 Å². The highest BCUT2D eigenvalue weighted by Gasteiger charge is 2.12. The molecule has 0 fully saturated rings. The smallest absolute Gasteiger partial charge is 0.337 e. The van der Waals surface area contributed by atoms with Crippen LogP contribution in [0.5, 0.6) is 0 Å². The number of rotatable bonds is 5. The van der Waals surface area contributed by atoms with Gasteiger partial charge in [0.2, 0.25) is 0 Å². The molecule has 3 N–H and O–H groups in total. The summed E-state index contributed by atoms with van der Waals surface area (Å²) in [6.07, 6.45) is 6.34. The van der Waals surface area contributed by atoms with Gasteiger partial charge in [0.25, 0.3) is 0 Å². The summed E-state index contributed by atoms with van der Waals surface area (Å²) in [5.41, 5.74) is 0.278. The van der Waals surface area contributed by atoms with Crippen LogP contribution in [0.1, 0.15) is 30.1 Å². The number of urea groups is 1. The third-order valence-corrected chi connectivity index (χ3v) is 2.98. The van der Waals surface area contributed by atoms with E-state index in [-0.39, 0.29) is 16.6 Å². The first-order valence-corrected chi connectivity index (χ1v) is 6.39. The molecule has 0 aliphatic carbocycles. The van der Waals surface area contributed by atoms with Gasteiger partial charge in [0.1, 0.15) is 0 Å². The zero-order valence-corrected chi connectivity index (χ0v) is 11.7. The molecule has 1 aromatic carbocycles. The monoisotopic (exact) mass is 294 g/mol. The summed E-state index contributed by atoms with van der Waals surface area (Å²) in [4.78, 5) is 22.7. The largest absolute Gasteiger partial charge is 0.478 e. The third-order valence-electron chi connectivity index (χ3n) is 2.65. The van der Waals surface area contributed by atoms with Gasteiger partial charge in [-0.05, 0) is 24.6 Å². The van der Waals surface area contributed by atoms with Gasteiger partial charge < -0.3 is 15.7 Å². The van der Waals surface area contributed by atoms with Gasteiger partial charge in [-0.25, -0.2) is 9.59 Å². The topological polar surface area (TPSA) is 78.4 Å². The van der Waals surface area contributed by atoms with Crippen molar-refractivity contribution in [3.63, 3.8) is 0 Å². The lowest BCUT2D eigenvalue weighted by Gasteiger charge is -2.15. The molecule has 1 unspecified atom stereocenters. The van der Waals surface area contributed by atoms with Crippen LogP contribution < -0.4 is 10.6 Å². The van der Waals surface area contributed by atoms with Gasteiger partial charge in [-0.1, -0.05) is 18.5 Å². The van der Waals surface area contributed by atoms with Crippen molar-refractivity contribution in [2.75, 3.05) is 5.32 Å². The fraction of sp³-hybridized carbons (Fsp3) is 0.286. The van der Waals surface area contributed by atoms with E-state index in [1.807, 2.05) is 6.92 Å². The van der Waals surface area contributed by atoms with Gasteiger partial charge in [0.15, 0.2) is 0 Å². The number of aromatic carboxylic acids is 1. The number of hydrogen-bond acceptors (Lipinski definition) is 2. The molecule has 1 atom stereocenters. The van der Waals surface area contributed by atoms with Crippen molar-refractivity contribution < 1.29 is 14.7 Å². The van der Waals surface area contributed by atoms with Gasteiger partial charge in [-0.3, -0.25) is 0 Å². The van der Waals surface area contributed by atoms with E-state index in [2.05, 4.69) is 16.6 Å². The number of benzene rings is 1. The van der Waals surface area contributed by atoms with E-state index in [0.717, 1.165) is 0 Å². The Morgan fingerprint density at radius 1 is 1.50 bits per heavy atom. The molecule has 1 aromatic rings. The minimum Gasteiger partial charge on any atom is -0.478 e. The van der Waals surface area contributed by atoms with Gasteiger partial charge in [-0.2, -0.15) is 0 Å². The minimum absolute atomic E-state index is 0.0693. The first kappa shape index (κ1) is 15.9. The molecule has 0 heterocycles. The van der Waals surface area contributed by atoms with Crippen LogP contribution in [0, 0.1) is 12.3 Å². The lowest BCUT2D eigenvalue weighted by Crippen LogP contribution is -2.37. The van der Waals surface area contributed by atoms with Crippen LogP contribution in [0.2, 0.25) is 5.02 Å². The molecule has 1 rings (SSSR count). The lowest BCUT2D eigenvalue weighted by molar-refractivity contribution is 0.0697. The number of carboxylic acids is 1. The van der Waals surface area contributed by atoms with Crippen molar-refractivity contribution in [3.05, 3.63) is 28.8 Å². The summed E-state index contributed by atoms with van der Waals surface area (Å²) >= 11 is 5.74. The maximum atomic E-state index is 11.8. The average molecular weight is 295 g/mol. The summed E-state index contributed by atoms with van der Waals surface area (Å²) < 4.78 is 0. The van der Waals surface area contributed by atoms with E-state index in [1.54, 1.807) is 0 Å². The van der Waals surface area contributed by atoms with Crippen LogP contribution in [0.3, 0.4) is 0 Å². The number of amides is 2. The molecule has 5 nitrogen and oxygen atoms in total. The summed E-state index contributed by atoms with van der Waals surface area (Å²) in [6.45, 7) is 1.91. The highest BCUT2D eigenvalue weighted by Crippen LogP contribution is 2.20. The second-order valence-corrected chi connectivity index (χ2v) is 4.52. The zero-order valence-electron chi connectivity index (χ0n) is 10.9. The summed E-state index contributed by atoms with van der Waals surface area (Å²) in [5.74, 6) is 1.33. The normalized spacial score (nSPS) is 11.2. The van der Waals surface area contributed by atoms with Crippen molar-refractivity contribution in [2.45, 2.75) is 25.8 Å². The van der Waals surface area contributed by atoms with Crippen LogP contribution in [0.4, 0.5) is 10.5 Å². The molecule has 0 spiro atoms. The maximum Gasteiger partial charge on any atom is 0.337 e. The number of carbonyl (C=O) groups excluding carboxylic acids is 1. The molecule has 0 aliphatic heterocycles. The van der Waals surface area contributed by atoms with Crippen molar-refractivity contribution in [3.8, 4) is 12.3 Å². The van der Waals surface area contributed by atoms with Gasteiger partial charge >= 0.3 is 12.0 Å². The molecule has 2 amide bonds. The Labute approximate surface area is 122 Å². The molecule has 6 heteroatoms. The number of nitrogens with one attached hydrogen (secondary N) is 2. The highest BCUT2D eigenvalue weighted by atomic mass is 35.5. The lowest BCUT2D eigenvalue weighted by atomic mass is 10.1. The van der Waals surface area contributed by atoms with E-state index in [1.165, 1.54) is 18.2 Å². The van der Waals surface area contributed by atoms with E-state index < -0.39 is 12.0 Å². The molecule has 20 heavy (non-hydrogen) atoms. The van der Waals surface area contributed by atoms with E-state index in [0.29, 0.717) is 18.5 Å². The first-order chi connectivity index (χ1) is 9.47. The standard InChI is InChI=1S/C14H15ClN2O3/c1-3-5-9(4-2)16-14(20)17-10-6-7-12(15)11(8-10)13(18)19/h1,6-9H,4-5H2,2H3,(H,18,19)(H2,16,17,20). The molecular formula is C14H15ClN2O3. The van der Waals surface area contributed by atoms with E-state index in [4.69, 9.17) is 23.1 Å². The quantitative estimate of drug-likeness (QED) is 0.731. The number of terminal acetylenes is 1. The Hall–Kier alpha value is -2.19. The fourth-order valence-electron chi connectivity index (χ4n) is 1.56. The summed E-state index contributed by atoms with van der Waals surface area (Å²) in [7, 11) is 0. The maximum absolute atomic E-state index is 11.8. The van der Waals surface area contributed by atoms with Gasteiger partial charge in [-0.15, -0.1) is 12.3 Å². The van der Waals surface area contributed by atoms with Crippen LogP contribution in [-0.4, -0.2) is 23.1 Å². The van der Waals surface area contributed by atoms with Crippen LogP contribution in [-0.2, 0) is 0 Å². The fourth-order valence-corrected chi connectivity index (χ4v) is 1.76. The van der Waals surface area contributed by atoms with Crippen molar-refractivity contribution in [1.29, 1.82) is 0 Å². The van der Waals surface area contributed by atoms with Crippen LogP contribution in [0.15, 0.2) is 18.2 Å². The Balaban J connectivity index is 2.74. The van der Waals surface area contributed by atoms with Crippen molar-refractivity contribution in [2.24, 2.45) is 0 Å². The Kier molecular flexibility index (Phi) is 5.88. The number of carboxylic acid groups (broad SMARTS) is 1. The third kappa shape index (κ3) is 4.48. The predicted molar refractivity (Wildman–Crippen MR) is 78.1 cm³/mol. The molecule has 0 aliphatic rings. The SMILES string of the molecule is C#CCC(CC)NC(=O)Nc1ccc(Cl)c(C(=O)O)c1. The Morgan fingerprint density at radius 3 is 2.75 bits per heavy atom. The van der Waals surface area contributed by atoms with Crippen LogP contribution in [0.25, 0.3) is 0 Å². The molecular weight excluding hydrogens is 280 g/mol. The number of hydrogen-bond donors (Lipinski definition) is 3. The average Bonchev–Trinajstić information content (AvgIpc) is 2.40. The molecule has 0 bridgehead atoms. The van der Waals surface area contributed by atoms with Crippen molar-refractivity contribution >= 4 is 29.3 Å². The van der Waals surface area contributed by atoms with Gasteiger partial charge in [0, 0.05) is 18.2 Å². The number of halogens is 1. The zero-order chi connectivity index (χ0) is 15.1. The number of carbonyl (C=O) groups is 2. The predicted octanol–water partition coefficient (Wildman–Crippen LogP) is 2.96. The Morgan fingerprint density at radius 2 is 2.20 bits per heavy atom. The molecule has 0 aromatic heterocycles. The minimum atomic E-state index is -1.15. The molecule has 0 saturated carbocycles. The summed E-state index contributed by atoms with van der Waals surface area (Å²) in [5, 5.41) is 14.3.